The van der Waals surface area contributed by atoms with E-state index in [1.807, 2.05) is 17.0 Å². The van der Waals surface area contributed by atoms with Crippen LogP contribution in [-0.4, -0.2) is 61.8 Å². The lowest BCUT2D eigenvalue weighted by atomic mass is 10.0. The highest BCUT2D eigenvalue weighted by Crippen LogP contribution is 2.34. The summed E-state index contributed by atoms with van der Waals surface area (Å²) in [6, 6.07) is 5.75. The fraction of sp³-hybridized carbons (Fsp3) is 0.632. The molecule has 3 aliphatic heterocycles. The van der Waals surface area contributed by atoms with Crippen LogP contribution in [0.25, 0.3) is 0 Å². The van der Waals surface area contributed by atoms with Crippen LogP contribution in [0.2, 0.25) is 0 Å². The third kappa shape index (κ3) is 3.88. The van der Waals surface area contributed by atoms with E-state index in [0.717, 1.165) is 49.9 Å². The lowest BCUT2D eigenvalue weighted by Gasteiger charge is -2.27. The van der Waals surface area contributed by atoms with Crippen molar-refractivity contribution in [1.29, 1.82) is 0 Å². The number of sulfonamides is 1. The molecule has 8 heteroatoms. The van der Waals surface area contributed by atoms with Gasteiger partial charge in [-0.2, -0.15) is 4.31 Å². The van der Waals surface area contributed by atoms with Crippen LogP contribution in [0.3, 0.4) is 0 Å². The van der Waals surface area contributed by atoms with Crippen LogP contribution in [0.4, 0.5) is 0 Å². The molecule has 3 aliphatic rings. The molecule has 6 nitrogen and oxygen atoms in total. The summed E-state index contributed by atoms with van der Waals surface area (Å²) in [7, 11) is -3.48. The Bertz CT molecular complexity index is 800. The molecule has 1 amide bonds. The number of nitrogens with zero attached hydrogens (tertiary/aromatic N) is 2. The minimum absolute atomic E-state index is 0. The van der Waals surface area contributed by atoms with Gasteiger partial charge in [0.1, 0.15) is 0 Å². The van der Waals surface area contributed by atoms with E-state index in [1.54, 1.807) is 17.3 Å². The Morgan fingerprint density at radius 3 is 2.52 bits per heavy atom. The van der Waals surface area contributed by atoms with Gasteiger partial charge >= 0.3 is 0 Å². The first-order valence-electron chi connectivity index (χ1n) is 9.58. The number of carbonyl (C=O) groups is 1. The summed E-state index contributed by atoms with van der Waals surface area (Å²) in [6.45, 7) is 4.59. The van der Waals surface area contributed by atoms with Gasteiger partial charge in [0.25, 0.3) is 0 Å². The zero-order valence-electron chi connectivity index (χ0n) is 15.7. The van der Waals surface area contributed by atoms with E-state index in [0.29, 0.717) is 24.4 Å². The Balaban J connectivity index is 0.00000210. The number of rotatable bonds is 2. The molecule has 0 spiro atoms. The predicted molar refractivity (Wildman–Crippen MR) is 107 cm³/mol. The van der Waals surface area contributed by atoms with E-state index in [1.165, 1.54) is 0 Å². The van der Waals surface area contributed by atoms with Crippen molar-refractivity contribution < 1.29 is 13.2 Å². The fourth-order valence-corrected chi connectivity index (χ4v) is 6.58. The molecule has 2 saturated heterocycles. The van der Waals surface area contributed by atoms with Gasteiger partial charge in [-0.3, -0.25) is 4.79 Å². The third-order valence-corrected chi connectivity index (χ3v) is 8.09. The van der Waals surface area contributed by atoms with Crippen LogP contribution < -0.4 is 5.32 Å². The number of nitrogens with one attached hydrogen (secondary N) is 1. The predicted octanol–water partition coefficient (Wildman–Crippen LogP) is 1.57. The molecular weight excluding hydrogens is 386 g/mol. The lowest BCUT2D eigenvalue weighted by Crippen LogP contribution is -2.42. The molecule has 2 atom stereocenters. The summed E-state index contributed by atoms with van der Waals surface area (Å²) in [6.07, 6.45) is 4.29. The monoisotopic (exact) mass is 413 g/mol. The van der Waals surface area contributed by atoms with Crippen LogP contribution >= 0.6 is 12.4 Å². The van der Waals surface area contributed by atoms with Gasteiger partial charge < -0.3 is 10.2 Å². The number of hydrogen-bond donors (Lipinski definition) is 1. The van der Waals surface area contributed by atoms with Gasteiger partial charge in [0.15, 0.2) is 0 Å². The molecule has 3 heterocycles. The summed E-state index contributed by atoms with van der Waals surface area (Å²) in [5, 5.41) is 3.36. The topological polar surface area (TPSA) is 69.7 Å². The minimum Gasteiger partial charge on any atom is -0.342 e. The van der Waals surface area contributed by atoms with Gasteiger partial charge in [0.2, 0.25) is 15.9 Å². The van der Waals surface area contributed by atoms with E-state index in [9.17, 15) is 13.2 Å². The van der Waals surface area contributed by atoms with Gasteiger partial charge in [0.05, 0.1) is 4.90 Å². The fourth-order valence-electron chi connectivity index (χ4n) is 4.63. The van der Waals surface area contributed by atoms with E-state index in [-0.39, 0.29) is 30.4 Å². The van der Waals surface area contributed by atoms with Crippen molar-refractivity contribution in [3.63, 3.8) is 0 Å². The van der Waals surface area contributed by atoms with E-state index in [2.05, 4.69) is 5.32 Å². The normalized spacial score (nSPS) is 25.9. The molecule has 2 unspecified atom stereocenters. The quantitative estimate of drug-likeness (QED) is 0.799. The number of amides is 1. The molecule has 1 aromatic rings. The van der Waals surface area contributed by atoms with Crippen molar-refractivity contribution in [1.82, 2.24) is 14.5 Å². The molecular formula is C19H28ClN3O3S. The summed E-state index contributed by atoms with van der Waals surface area (Å²) >= 11 is 0. The molecule has 1 aromatic carbocycles. The van der Waals surface area contributed by atoms with E-state index in [4.69, 9.17) is 0 Å². The maximum absolute atomic E-state index is 13.4. The maximum Gasteiger partial charge on any atom is 0.243 e. The molecule has 2 bridgehead atoms. The van der Waals surface area contributed by atoms with Gasteiger partial charge in [-0.05, 0) is 61.9 Å². The number of fused-ring (bicyclic) bond motifs is 3. The zero-order valence-corrected chi connectivity index (χ0v) is 17.3. The van der Waals surface area contributed by atoms with E-state index >= 15 is 0 Å². The first-order chi connectivity index (χ1) is 12.5. The Hall–Kier alpha value is -1.15. The smallest absolute Gasteiger partial charge is 0.243 e. The lowest BCUT2D eigenvalue weighted by molar-refractivity contribution is -0.128. The Kier molecular flexibility index (Phi) is 6.15. The van der Waals surface area contributed by atoms with Crippen molar-refractivity contribution in [2.75, 3.05) is 26.2 Å². The Morgan fingerprint density at radius 2 is 1.78 bits per heavy atom. The van der Waals surface area contributed by atoms with Crippen molar-refractivity contribution in [3.8, 4) is 0 Å². The van der Waals surface area contributed by atoms with Crippen LogP contribution in [0.15, 0.2) is 23.1 Å². The first-order valence-corrected chi connectivity index (χ1v) is 11.0. The third-order valence-electron chi connectivity index (χ3n) is 6.09. The summed E-state index contributed by atoms with van der Waals surface area (Å²) < 4.78 is 28.5. The second kappa shape index (κ2) is 8.07. The average molecular weight is 414 g/mol. The van der Waals surface area contributed by atoms with Crippen LogP contribution in [0.5, 0.6) is 0 Å². The van der Waals surface area contributed by atoms with Crippen LogP contribution in [0, 0.1) is 0 Å². The van der Waals surface area contributed by atoms with Crippen molar-refractivity contribution >= 4 is 28.3 Å². The summed E-state index contributed by atoms with van der Waals surface area (Å²) in [5.74, 6) is 0.0827. The van der Waals surface area contributed by atoms with E-state index < -0.39 is 10.0 Å². The minimum atomic E-state index is -3.48. The number of halogens is 1. The van der Waals surface area contributed by atoms with Gasteiger partial charge in [-0.1, -0.05) is 6.07 Å². The highest BCUT2D eigenvalue weighted by atomic mass is 35.5. The number of carbonyl (C=O) groups excluding carboxylic acids is 1. The van der Waals surface area contributed by atoms with Crippen molar-refractivity contribution in [2.45, 2.75) is 56.0 Å². The number of benzene rings is 1. The molecule has 4 rings (SSSR count). The first kappa shape index (κ1) is 20.6. The molecule has 0 aliphatic carbocycles. The van der Waals surface area contributed by atoms with Crippen molar-refractivity contribution in [2.24, 2.45) is 0 Å². The number of hydrogen-bond acceptors (Lipinski definition) is 4. The maximum atomic E-state index is 13.4. The van der Waals surface area contributed by atoms with Gasteiger partial charge in [0, 0.05) is 38.6 Å². The largest absolute Gasteiger partial charge is 0.342 e. The zero-order chi connectivity index (χ0) is 18.3. The van der Waals surface area contributed by atoms with Gasteiger partial charge in [-0.25, -0.2) is 8.42 Å². The highest BCUT2D eigenvalue weighted by Gasteiger charge is 2.43. The second-order valence-corrected chi connectivity index (χ2v) is 9.49. The molecule has 0 aromatic heterocycles. The Morgan fingerprint density at radius 1 is 1.07 bits per heavy atom. The molecule has 1 N–H and O–H groups in total. The molecule has 0 saturated carbocycles. The molecule has 150 valence electrons. The summed E-state index contributed by atoms with van der Waals surface area (Å²) in [5.41, 5.74) is 2.23. The van der Waals surface area contributed by atoms with Gasteiger partial charge in [-0.15, -0.1) is 12.4 Å². The van der Waals surface area contributed by atoms with Crippen LogP contribution in [-0.2, 0) is 27.7 Å². The Labute approximate surface area is 167 Å². The summed E-state index contributed by atoms with van der Waals surface area (Å²) in [4.78, 5) is 13.9. The molecule has 27 heavy (non-hydrogen) atoms. The van der Waals surface area contributed by atoms with Crippen LogP contribution in [0.1, 0.15) is 37.3 Å². The standard InChI is InChI=1S/C19H27N3O3S.ClH/c1-14(23)21-10-7-15-2-5-19(12-16(15)8-11-21)26(24,25)22-17-3-4-18(22)13-20-9-6-17;/h2,5,12,17-18,20H,3-4,6-11,13H2,1H3;1H. The van der Waals surface area contributed by atoms with Crippen molar-refractivity contribution in [3.05, 3.63) is 29.3 Å². The molecule has 2 fully saturated rings. The highest BCUT2D eigenvalue weighted by molar-refractivity contribution is 7.89. The molecule has 0 radical (unpaired) electrons. The average Bonchev–Trinajstić information content (AvgIpc) is 2.77. The second-order valence-electron chi connectivity index (χ2n) is 7.65. The SMILES string of the molecule is CC(=O)N1CCc2ccc(S(=O)(=O)N3C4CCNCC3CC4)cc2CC1.Cl.